The van der Waals surface area contributed by atoms with Crippen LogP contribution in [0.1, 0.15) is 31.0 Å². The molecule has 0 aliphatic rings. The molecule has 0 saturated heterocycles. The Morgan fingerprint density at radius 1 is 1.16 bits per heavy atom. The molecule has 1 heterocycles. The number of nitrogens with zero attached hydrogens (tertiary/aromatic N) is 1. The van der Waals surface area contributed by atoms with Crippen molar-refractivity contribution in [3.63, 3.8) is 0 Å². The molecule has 0 saturated carbocycles. The van der Waals surface area contributed by atoms with Crippen LogP contribution in [0.2, 0.25) is 0 Å². The largest absolute Gasteiger partial charge is 0.497 e. The predicted octanol–water partition coefficient (Wildman–Crippen LogP) is 3.10. The summed E-state index contributed by atoms with van der Waals surface area (Å²) in [7, 11) is 1.63. The molecule has 0 aliphatic carbocycles. The number of aromatic nitrogens is 1. The van der Waals surface area contributed by atoms with Gasteiger partial charge in [0.25, 0.3) is 0 Å². The summed E-state index contributed by atoms with van der Waals surface area (Å²) in [5, 5.41) is 10.8. The second-order valence-corrected chi connectivity index (χ2v) is 4.85. The fourth-order valence-corrected chi connectivity index (χ4v) is 2.10. The molecule has 0 fully saturated rings. The molecular weight excluding hydrogens is 238 g/mol. The SMILES string of the molecule is COc1ccc([C@](C)(O)[C@@H](C)c2ccccn2)cc1. The Morgan fingerprint density at radius 3 is 2.37 bits per heavy atom. The molecule has 0 aliphatic heterocycles. The van der Waals surface area contributed by atoms with Crippen LogP contribution >= 0.6 is 0 Å². The van der Waals surface area contributed by atoms with Gasteiger partial charge in [0.2, 0.25) is 0 Å². The van der Waals surface area contributed by atoms with E-state index in [2.05, 4.69) is 4.98 Å². The summed E-state index contributed by atoms with van der Waals surface area (Å²) in [6.45, 7) is 3.79. The van der Waals surface area contributed by atoms with Gasteiger partial charge < -0.3 is 9.84 Å². The molecular formula is C16H19NO2. The van der Waals surface area contributed by atoms with E-state index in [1.807, 2.05) is 56.3 Å². The van der Waals surface area contributed by atoms with Gasteiger partial charge in [-0.05, 0) is 36.8 Å². The highest BCUT2D eigenvalue weighted by atomic mass is 16.5. The van der Waals surface area contributed by atoms with E-state index < -0.39 is 5.60 Å². The standard InChI is InChI=1S/C16H19NO2/c1-12(15-6-4-5-11-17-15)16(2,18)13-7-9-14(19-3)10-8-13/h4-12,18H,1-3H3/t12-,16+/m0/s1. The topological polar surface area (TPSA) is 42.4 Å². The average Bonchev–Trinajstić information content (AvgIpc) is 2.47. The number of ether oxygens (including phenoxy) is 1. The number of pyridine rings is 1. The Hall–Kier alpha value is -1.87. The summed E-state index contributed by atoms with van der Waals surface area (Å²) in [6, 6.07) is 13.2. The van der Waals surface area contributed by atoms with E-state index in [1.165, 1.54) is 0 Å². The zero-order valence-electron chi connectivity index (χ0n) is 11.5. The van der Waals surface area contributed by atoms with Crippen molar-refractivity contribution in [2.45, 2.75) is 25.4 Å². The molecule has 100 valence electrons. The van der Waals surface area contributed by atoms with Crippen LogP contribution < -0.4 is 4.74 Å². The van der Waals surface area contributed by atoms with Crippen LogP contribution in [-0.4, -0.2) is 17.2 Å². The van der Waals surface area contributed by atoms with Crippen LogP contribution in [0.15, 0.2) is 48.7 Å². The summed E-state index contributed by atoms with van der Waals surface area (Å²) < 4.78 is 5.13. The van der Waals surface area contributed by atoms with Crippen LogP contribution in [0.3, 0.4) is 0 Å². The molecule has 0 bridgehead atoms. The minimum absolute atomic E-state index is 0.0953. The summed E-state index contributed by atoms with van der Waals surface area (Å²) in [6.07, 6.45) is 1.75. The maximum Gasteiger partial charge on any atom is 0.118 e. The van der Waals surface area contributed by atoms with E-state index in [0.29, 0.717) is 0 Å². The second-order valence-electron chi connectivity index (χ2n) is 4.85. The van der Waals surface area contributed by atoms with Gasteiger partial charge >= 0.3 is 0 Å². The maximum atomic E-state index is 10.8. The van der Waals surface area contributed by atoms with Gasteiger partial charge in [0.15, 0.2) is 0 Å². The third-order valence-corrected chi connectivity index (χ3v) is 3.65. The lowest BCUT2D eigenvalue weighted by atomic mass is 9.82. The molecule has 2 atom stereocenters. The van der Waals surface area contributed by atoms with E-state index in [9.17, 15) is 5.11 Å². The number of rotatable bonds is 4. The van der Waals surface area contributed by atoms with Gasteiger partial charge in [-0.15, -0.1) is 0 Å². The predicted molar refractivity (Wildman–Crippen MR) is 75.2 cm³/mol. The van der Waals surface area contributed by atoms with E-state index in [1.54, 1.807) is 13.3 Å². The smallest absolute Gasteiger partial charge is 0.118 e. The molecule has 1 aromatic heterocycles. The zero-order valence-corrected chi connectivity index (χ0v) is 11.5. The van der Waals surface area contributed by atoms with E-state index >= 15 is 0 Å². The number of aliphatic hydroxyl groups is 1. The van der Waals surface area contributed by atoms with Gasteiger partial charge in [-0.25, -0.2) is 0 Å². The van der Waals surface area contributed by atoms with Crippen LogP contribution in [-0.2, 0) is 5.60 Å². The first kappa shape index (κ1) is 13.6. The Kier molecular flexibility index (Phi) is 3.86. The molecule has 0 unspecified atom stereocenters. The highest BCUT2D eigenvalue weighted by molar-refractivity contribution is 5.32. The van der Waals surface area contributed by atoms with E-state index in [4.69, 9.17) is 4.74 Å². The first-order valence-corrected chi connectivity index (χ1v) is 6.33. The van der Waals surface area contributed by atoms with Crippen LogP contribution in [0.5, 0.6) is 5.75 Å². The number of benzene rings is 1. The molecule has 2 rings (SSSR count). The molecule has 1 N–H and O–H groups in total. The molecule has 1 aromatic carbocycles. The van der Waals surface area contributed by atoms with Crippen LogP contribution in [0.25, 0.3) is 0 Å². The van der Waals surface area contributed by atoms with Gasteiger partial charge in [0.1, 0.15) is 5.75 Å². The lowest BCUT2D eigenvalue weighted by molar-refractivity contribution is 0.0310. The first-order valence-electron chi connectivity index (χ1n) is 6.33. The highest BCUT2D eigenvalue weighted by Gasteiger charge is 2.32. The fourth-order valence-electron chi connectivity index (χ4n) is 2.10. The quantitative estimate of drug-likeness (QED) is 0.915. The van der Waals surface area contributed by atoms with Gasteiger partial charge in [-0.2, -0.15) is 0 Å². The summed E-state index contributed by atoms with van der Waals surface area (Å²) >= 11 is 0. The van der Waals surface area contributed by atoms with Crippen molar-refractivity contribution in [3.8, 4) is 5.75 Å². The van der Waals surface area contributed by atoms with Gasteiger partial charge in [-0.3, -0.25) is 4.98 Å². The lowest BCUT2D eigenvalue weighted by Crippen LogP contribution is -2.28. The van der Waals surface area contributed by atoms with Crippen LogP contribution in [0.4, 0.5) is 0 Å². The highest BCUT2D eigenvalue weighted by Crippen LogP contribution is 2.35. The number of hydrogen-bond acceptors (Lipinski definition) is 3. The maximum absolute atomic E-state index is 10.8. The Balaban J connectivity index is 2.30. The summed E-state index contributed by atoms with van der Waals surface area (Å²) in [4.78, 5) is 4.32. The fraction of sp³-hybridized carbons (Fsp3) is 0.312. The minimum Gasteiger partial charge on any atom is -0.497 e. The second kappa shape index (κ2) is 5.41. The summed E-state index contributed by atoms with van der Waals surface area (Å²) in [5.41, 5.74) is 0.760. The van der Waals surface area contributed by atoms with Crippen molar-refractivity contribution in [2.75, 3.05) is 7.11 Å². The number of methoxy groups -OCH3 is 1. The Morgan fingerprint density at radius 2 is 1.84 bits per heavy atom. The van der Waals surface area contributed by atoms with Gasteiger partial charge in [0, 0.05) is 17.8 Å². The molecule has 0 amide bonds. The van der Waals surface area contributed by atoms with E-state index in [-0.39, 0.29) is 5.92 Å². The Bertz CT molecular complexity index is 520. The number of hydrogen-bond donors (Lipinski definition) is 1. The van der Waals surface area contributed by atoms with Crippen LogP contribution in [0, 0.1) is 0 Å². The molecule has 0 radical (unpaired) electrons. The van der Waals surface area contributed by atoms with E-state index in [0.717, 1.165) is 17.0 Å². The Labute approximate surface area is 113 Å². The van der Waals surface area contributed by atoms with Crippen molar-refractivity contribution < 1.29 is 9.84 Å². The molecule has 3 heteroatoms. The molecule has 0 spiro atoms. The lowest BCUT2D eigenvalue weighted by Gasteiger charge is -2.30. The van der Waals surface area contributed by atoms with Gasteiger partial charge in [-0.1, -0.05) is 25.1 Å². The molecule has 19 heavy (non-hydrogen) atoms. The van der Waals surface area contributed by atoms with Crippen molar-refractivity contribution in [2.24, 2.45) is 0 Å². The molecule has 2 aromatic rings. The average molecular weight is 257 g/mol. The summed E-state index contributed by atoms with van der Waals surface area (Å²) in [5.74, 6) is 0.687. The van der Waals surface area contributed by atoms with Crippen molar-refractivity contribution in [1.82, 2.24) is 4.98 Å². The third-order valence-electron chi connectivity index (χ3n) is 3.65. The van der Waals surface area contributed by atoms with Crippen molar-refractivity contribution in [1.29, 1.82) is 0 Å². The minimum atomic E-state index is -0.972. The molecule has 3 nitrogen and oxygen atoms in total. The van der Waals surface area contributed by atoms with Crippen molar-refractivity contribution >= 4 is 0 Å². The normalized spacial score (nSPS) is 15.6. The van der Waals surface area contributed by atoms with Crippen molar-refractivity contribution in [3.05, 3.63) is 59.9 Å². The first-order chi connectivity index (χ1) is 9.05. The third kappa shape index (κ3) is 2.76. The van der Waals surface area contributed by atoms with Gasteiger partial charge in [0.05, 0.1) is 12.7 Å². The monoisotopic (exact) mass is 257 g/mol. The zero-order chi connectivity index (χ0) is 13.9.